The molecule has 0 saturated heterocycles. The number of fused-ring (bicyclic) bond motifs is 1. The van der Waals surface area contributed by atoms with Gasteiger partial charge in [-0.1, -0.05) is 30.7 Å². The van der Waals surface area contributed by atoms with Crippen molar-refractivity contribution in [2.45, 2.75) is 26.8 Å². The van der Waals surface area contributed by atoms with E-state index >= 15 is 0 Å². The second-order valence-electron chi connectivity index (χ2n) is 4.26. The molecule has 2 unspecified atom stereocenters. The fraction of sp³-hybridized carbons (Fsp3) is 0.500. The zero-order valence-electron chi connectivity index (χ0n) is 8.94. The van der Waals surface area contributed by atoms with Gasteiger partial charge in [-0.05, 0) is 13.8 Å². The third-order valence-corrected chi connectivity index (χ3v) is 3.13. The molecule has 2 aliphatic carbocycles. The highest BCUT2D eigenvalue weighted by Gasteiger charge is 2.59. The van der Waals surface area contributed by atoms with Crippen molar-refractivity contribution in [2.75, 3.05) is 0 Å². The molecule has 0 aromatic carbocycles. The van der Waals surface area contributed by atoms with Gasteiger partial charge in [0.1, 0.15) is 6.34 Å². The fourth-order valence-electron chi connectivity index (χ4n) is 2.26. The van der Waals surface area contributed by atoms with E-state index in [0.717, 1.165) is 0 Å². The third-order valence-electron chi connectivity index (χ3n) is 3.13. The van der Waals surface area contributed by atoms with Crippen molar-refractivity contribution in [3.8, 4) is 0 Å². The Morgan fingerprint density at radius 2 is 2.29 bits per heavy atom. The van der Waals surface area contributed by atoms with Gasteiger partial charge in [0.05, 0.1) is 6.04 Å². The summed E-state index contributed by atoms with van der Waals surface area (Å²) in [7, 11) is 0. The van der Waals surface area contributed by atoms with Gasteiger partial charge in [0.25, 0.3) is 0 Å². The summed E-state index contributed by atoms with van der Waals surface area (Å²) < 4.78 is 0. The van der Waals surface area contributed by atoms with Gasteiger partial charge < -0.3 is 0 Å². The second kappa shape index (κ2) is 3.19. The summed E-state index contributed by atoms with van der Waals surface area (Å²) in [4.78, 5) is 8.46. The van der Waals surface area contributed by atoms with Crippen LogP contribution < -0.4 is 0 Å². The van der Waals surface area contributed by atoms with Gasteiger partial charge >= 0.3 is 0 Å². The normalized spacial score (nSPS) is 40.4. The van der Waals surface area contributed by atoms with Crippen LogP contribution in [0.3, 0.4) is 0 Å². The molecule has 2 nitrogen and oxygen atoms in total. The summed E-state index contributed by atoms with van der Waals surface area (Å²) in [5.74, 6) is 0.592. The standard InChI is InChI=1S/C12H16N2/c1-4-13-8-14-11-10-6-5-9(2)7-12(10,11)3/h4-8,10-11H,1-3H3/t10?,11?,12-/m0/s1. The lowest BCUT2D eigenvalue weighted by molar-refractivity contribution is 0.665. The Morgan fingerprint density at radius 1 is 1.50 bits per heavy atom. The van der Waals surface area contributed by atoms with Gasteiger partial charge in [0.15, 0.2) is 0 Å². The van der Waals surface area contributed by atoms with E-state index in [9.17, 15) is 0 Å². The Kier molecular flexibility index (Phi) is 2.14. The van der Waals surface area contributed by atoms with E-state index in [0.29, 0.717) is 12.0 Å². The maximum absolute atomic E-state index is 4.46. The zero-order valence-corrected chi connectivity index (χ0v) is 8.94. The highest BCUT2D eigenvalue weighted by Crippen LogP contribution is 2.58. The molecule has 0 aromatic rings. The fourth-order valence-corrected chi connectivity index (χ4v) is 2.26. The number of rotatable bonds is 2. The molecule has 74 valence electrons. The number of hydrogen-bond donors (Lipinski definition) is 0. The summed E-state index contributed by atoms with van der Waals surface area (Å²) in [6.45, 7) is 6.31. The first-order chi connectivity index (χ1) is 6.68. The number of aliphatic imine (C=N–C) groups is 2. The van der Waals surface area contributed by atoms with Crippen LogP contribution in [0.25, 0.3) is 0 Å². The average molecular weight is 188 g/mol. The van der Waals surface area contributed by atoms with Crippen molar-refractivity contribution < 1.29 is 0 Å². The molecule has 1 saturated carbocycles. The molecule has 2 aliphatic rings. The Balaban J connectivity index is 2.11. The van der Waals surface area contributed by atoms with E-state index < -0.39 is 0 Å². The summed E-state index contributed by atoms with van der Waals surface area (Å²) >= 11 is 0. The summed E-state index contributed by atoms with van der Waals surface area (Å²) in [6.07, 6.45) is 10.2. The largest absolute Gasteiger partial charge is 0.269 e. The number of nitrogens with zero attached hydrogens (tertiary/aromatic N) is 2. The maximum Gasteiger partial charge on any atom is 0.109 e. The Bertz CT molecular complexity index is 349. The van der Waals surface area contributed by atoms with Gasteiger partial charge in [-0.15, -0.1) is 0 Å². The van der Waals surface area contributed by atoms with E-state index in [1.807, 2.05) is 6.92 Å². The molecule has 0 heterocycles. The lowest BCUT2D eigenvalue weighted by Gasteiger charge is -2.07. The summed E-state index contributed by atoms with van der Waals surface area (Å²) in [5.41, 5.74) is 1.61. The van der Waals surface area contributed by atoms with Crippen molar-refractivity contribution in [2.24, 2.45) is 21.3 Å². The van der Waals surface area contributed by atoms with Crippen LogP contribution in [0.5, 0.6) is 0 Å². The monoisotopic (exact) mass is 188 g/mol. The summed E-state index contributed by atoms with van der Waals surface area (Å²) in [5, 5.41) is 0. The highest BCUT2D eigenvalue weighted by molar-refractivity contribution is 5.71. The molecule has 3 atom stereocenters. The van der Waals surface area contributed by atoms with Crippen LogP contribution in [-0.2, 0) is 0 Å². The number of allylic oxidation sites excluding steroid dienone is 2. The molecule has 2 rings (SSSR count). The quantitative estimate of drug-likeness (QED) is 0.470. The minimum atomic E-state index is 0.262. The summed E-state index contributed by atoms with van der Waals surface area (Å²) in [6, 6.07) is 0.403. The lowest BCUT2D eigenvalue weighted by atomic mass is 9.98. The smallest absolute Gasteiger partial charge is 0.109 e. The molecular weight excluding hydrogens is 172 g/mol. The minimum absolute atomic E-state index is 0.262. The molecule has 0 radical (unpaired) electrons. The van der Waals surface area contributed by atoms with Crippen molar-refractivity contribution in [3.63, 3.8) is 0 Å². The molecule has 0 spiro atoms. The molecule has 2 heteroatoms. The first-order valence-corrected chi connectivity index (χ1v) is 5.05. The Labute approximate surface area is 85.2 Å². The van der Waals surface area contributed by atoms with Gasteiger partial charge in [0.2, 0.25) is 0 Å². The molecule has 0 aliphatic heterocycles. The van der Waals surface area contributed by atoms with E-state index in [2.05, 4.69) is 42.1 Å². The van der Waals surface area contributed by atoms with Crippen LogP contribution >= 0.6 is 0 Å². The van der Waals surface area contributed by atoms with Gasteiger partial charge in [-0.3, -0.25) is 4.99 Å². The SMILES string of the molecule is CC=NC=NC1C2C=CC(C)=C[C@@]21C. The maximum atomic E-state index is 4.46. The predicted octanol–water partition coefficient (Wildman–Crippen LogP) is 2.63. The van der Waals surface area contributed by atoms with E-state index in [1.54, 1.807) is 12.6 Å². The lowest BCUT2D eigenvalue weighted by Crippen LogP contribution is -1.98. The molecule has 0 N–H and O–H groups in total. The Hall–Kier alpha value is -1.18. The molecular formula is C12H16N2. The average Bonchev–Trinajstić information content (AvgIpc) is 2.70. The molecule has 0 amide bonds. The van der Waals surface area contributed by atoms with Crippen molar-refractivity contribution in [1.82, 2.24) is 0 Å². The van der Waals surface area contributed by atoms with E-state index in [1.165, 1.54) is 5.57 Å². The minimum Gasteiger partial charge on any atom is -0.269 e. The van der Waals surface area contributed by atoms with Gasteiger partial charge in [-0.25, -0.2) is 4.99 Å². The number of hydrogen-bond acceptors (Lipinski definition) is 1. The van der Waals surface area contributed by atoms with Crippen LogP contribution in [0.1, 0.15) is 20.8 Å². The topological polar surface area (TPSA) is 24.7 Å². The molecule has 0 aromatic heterocycles. The first-order valence-electron chi connectivity index (χ1n) is 5.05. The third kappa shape index (κ3) is 1.35. The predicted molar refractivity (Wildman–Crippen MR) is 60.9 cm³/mol. The first kappa shape index (κ1) is 9.38. The van der Waals surface area contributed by atoms with Gasteiger partial charge in [0, 0.05) is 17.5 Å². The molecule has 0 bridgehead atoms. The zero-order chi connectivity index (χ0) is 10.2. The van der Waals surface area contributed by atoms with Crippen LogP contribution in [0.4, 0.5) is 0 Å². The van der Waals surface area contributed by atoms with Crippen LogP contribution in [0, 0.1) is 11.3 Å². The van der Waals surface area contributed by atoms with Crippen LogP contribution in [0.2, 0.25) is 0 Å². The highest BCUT2D eigenvalue weighted by atomic mass is 15.0. The molecule has 14 heavy (non-hydrogen) atoms. The van der Waals surface area contributed by atoms with Crippen molar-refractivity contribution in [3.05, 3.63) is 23.8 Å². The van der Waals surface area contributed by atoms with Gasteiger partial charge in [-0.2, -0.15) is 0 Å². The Morgan fingerprint density at radius 3 is 2.93 bits per heavy atom. The van der Waals surface area contributed by atoms with E-state index in [-0.39, 0.29) is 5.41 Å². The van der Waals surface area contributed by atoms with Crippen LogP contribution in [-0.4, -0.2) is 18.6 Å². The van der Waals surface area contributed by atoms with Crippen molar-refractivity contribution in [1.29, 1.82) is 0 Å². The molecule has 1 fully saturated rings. The van der Waals surface area contributed by atoms with Crippen molar-refractivity contribution >= 4 is 12.6 Å². The van der Waals surface area contributed by atoms with Crippen LogP contribution in [0.15, 0.2) is 33.8 Å². The van der Waals surface area contributed by atoms with E-state index in [4.69, 9.17) is 0 Å². The second-order valence-corrected chi connectivity index (χ2v) is 4.26.